The van der Waals surface area contributed by atoms with Crippen LogP contribution in [-0.4, -0.2) is 28.8 Å². The molecule has 1 saturated heterocycles. The van der Waals surface area contributed by atoms with Crippen LogP contribution < -0.4 is 0 Å². The number of hydrogen-bond acceptors (Lipinski definition) is 3. The molecule has 0 unspecified atom stereocenters. The van der Waals surface area contributed by atoms with E-state index in [2.05, 4.69) is 21.0 Å². The molecule has 0 amide bonds. The molecule has 1 aromatic heterocycles. The van der Waals surface area contributed by atoms with Crippen LogP contribution in [0.3, 0.4) is 0 Å². The van der Waals surface area contributed by atoms with Gasteiger partial charge in [0.15, 0.2) is 5.78 Å². The highest BCUT2D eigenvalue weighted by Gasteiger charge is 2.39. The zero-order chi connectivity index (χ0) is 10.9. The summed E-state index contributed by atoms with van der Waals surface area (Å²) in [6.45, 7) is 2.87. The van der Waals surface area contributed by atoms with Crippen molar-refractivity contribution in [1.29, 1.82) is 0 Å². The quantitative estimate of drug-likeness (QED) is 0.824. The standard InChI is InChI=1S/C10H13BrN2O2/c1-8(14)10(2-4-15-5-3-10)13-7-9(11)6-12-13/h6-7H,2-5H2,1H3. The number of carbonyl (C=O) groups excluding carboxylic acids is 1. The van der Waals surface area contributed by atoms with Crippen molar-refractivity contribution in [1.82, 2.24) is 9.78 Å². The highest BCUT2D eigenvalue weighted by molar-refractivity contribution is 9.10. The lowest BCUT2D eigenvalue weighted by atomic mass is 9.86. The van der Waals surface area contributed by atoms with Crippen LogP contribution in [0.15, 0.2) is 16.9 Å². The summed E-state index contributed by atoms with van der Waals surface area (Å²) in [5, 5.41) is 4.23. The number of aromatic nitrogens is 2. The zero-order valence-electron chi connectivity index (χ0n) is 8.57. The largest absolute Gasteiger partial charge is 0.381 e. The van der Waals surface area contributed by atoms with Crippen molar-refractivity contribution in [3.63, 3.8) is 0 Å². The van der Waals surface area contributed by atoms with Gasteiger partial charge in [0.1, 0.15) is 5.54 Å². The fourth-order valence-electron chi connectivity index (χ4n) is 1.99. The second kappa shape index (κ2) is 4.06. The minimum Gasteiger partial charge on any atom is -0.381 e. The van der Waals surface area contributed by atoms with Crippen LogP contribution in [0.1, 0.15) is 19.8 Å². The predicted octanol–water partition coefficient (Wildman–Crippen LogP) is 1.74. The average molecular weight is 273 g/mol. The van der Waals surface area contributed by atoms with Crippen molar-refractivity contribution in [2.45, 2.75) is 25.3 Å². The lowest BCUT2D eigenvalue weighted by molar-refractivity contribution is -0.131. The molecule has 1 aromatic rings. The molecule has 2 heterocycles. The number of halogens is 1. The summed E-state index contributed by atoms with van der Waals surface area (Å²) in [5.74, 6) is 0.154. The molecule has 0 aromatic carbocycles. The molecule has 15 heavy (non-hydrogen) atoms. The second-order valence-electron chi connectivity index (χ2n) is 3.80. The number of nitrogens with zero attached hydrogens (tertiary/aromatic N) is 2. The molecular weight excluding hydrogens is 260 g/mol. The summed E-state index contributed by atoms with van der Waals surface area (Å²) in [4.78, 5) is 11.8. The first-order valence-electron chi connectivity index (χ1n) is 4.94. The third-order valence-electron chi connectivity index (χ3n) is 2.96. The minimum atomic E-state index is -0.496. The van der Waals surface area contributed by atoms with Crippen LogP contribution >= 0.6 is 15.9 Å². The third kappa shape index (κ3) is 1.86. The maximum atomic E-state index is 11.8. The third-order valence-corrected chi connectivity index (χ3v) is 3.37. The normalized spacial score (nSPS) is 20.1. The van der Waals surface area contributed by atoms with E-state index >= 15 is 0 Å². The summed E-state index contributed by atoms with van der Waals surface area (Å²) in [7, 11) is 0. The van der Waals surface area contributed by atoms with E-state index in [9.17, 15) is 4.79 Å². The first-order valence-corrected chi connectivity index (χ1v) is 5.74. The molecule has 0 spiro atoms. The van der Waals surface area contributed by atoms with Crippen LogP contribution in [0.4, 0.5) is 0 Å². The van der Waals surface area contributed by atoms with Crippen molar-refractivity contribution in [3.05, 3.63) is 16.9 Å². The molecule has 0 atom stereocenters. The Bertz CT molecular complexity index is 369. The minimum absolute atomic E-state index is 0.154. The van der Waals surface area contributed by atoms with E-state index in [4.69, 9.17) is 4.74 Å². The SMILES string of the molecule is CC(=O)C1(n2cc(Br)cn2)CCOCC1. The molecule has 0 saturated carbocycles. The Morgan fingerprint density at radius 1 is 1.60 bits per heavy atom. The Labute approximate surface area is 96.7 Å². The van der Waals surface area contributed by atoms with E-state index in [0.717, 1.165) is 4.47 Å². The van der Waals surface area contributed by atoms with Crippen LogP contribution in [-0.2, 0) is 15.1 Å². The summed E-state index contributed by atoms with van der Waals surface area (Å²) >= 11 is 3.35. The highest BCUT2D eigenvalue weighted by Crippen LogP contribution is 2.30. The second-order valence-corrected chi connectivity index (χ2v) is 4.72. The van der Waals surface area contributed by atoms with Crippen molar-refractivity contribution >= 4 is 21.7 Å². The lowest BCUT2D eigenvalue weighted by Crippen LogP contribution is -2.45. The topological polar surface area (TPSA) is 44.1 Å². The smallest absolute Gasteiger partial charge is 0.157 e. The Balaban J connectivity index is 2.37. The monoisotopic (exact) mass is 272 g/mol. The van der Waals surface area contributed by atoms with Gasteiger partial charge in [-0.3, -0.25) is 9.48 Å². The van der Waals surface area contributed by atoms with Crippen LogP contribution in [0.5, 0.6) is 0 Å². The summed E-state index contributed by atoms with van der Waals surface area (Å²) in [6, 6.07) is 0. The Kier molecular flexibility index (Phi) is 2.93. The van der Waals surface area contributed by atoms with Crippen LogP contribution in [0, 0.1) is 0 Å². The van der Waals surface area contributed by atoms with Gasteiger partial charge in [0.25, 0.3) is 0 Å². The molecule has 0 aliphatic carbocycles. The van der Waals surface area contributed by atoms with Crippen molar-refractivity contribution in [3.8, 4) is 0 Å². The average Bonchev–Trinajstić information content (AvgIpc) is 2.66. The molecule has 0 bridgehead atoms. The number of ether oxygens (including phenoxy) is 1. The fraction of sp³-hybridized carbons (Fsp3) is 0.600. The maximum absolute atomic E-state index is 11.8. The van der Waals surface area contributed by atoms with Gasteiger partial charge in [-0.05, 0) is 22.9 Å². The van der Waals surface area contributed by atoms with Crippen molar-refractivity contribution < 1.29 is 9.53 Å². The van der Waals surface area contributed by atoms with Gasteiger partial charge in [-0.1, -0.05) is 0 Å². The number of rotatable bonds is 2. The van der Waals surface area contributed by atoms with E-state index in [0.29, 0.717) is 26.1 Å². The van der Waals surface area contributed by atoms with E-state index in [1.165, 1.54) is 0 Å². The molecule has 1 aliphatic rings. The van der Waals surface area contributed by atoms with E-state index in [1.807, 2.05) is 6.20 Å². The molecule has 5 heteroatoms. The van der Waals surface area contributed by atoms with Gasteiger partial charge in [-0.15, -0.1) is 0 Å². The number of carbonyl (C=O) groups is 1. The Morgan fingerprint density at radius 3 is 2.73 bits per heavy atom. The number of hydrogen-bond donors (Lipinski definition) is 0. The molecule has 2 rings (SSSR count). The first-order chi connectivity index (χ1) is 7.15. The molecule has 82 valence electrons. The van der Waals surface area contributed by atoms with Gasteiger partial charge in [0.05, 0.1) is 10.7 Å². The zero-order valence-corrected chi connectivity index (χ0v) is 10.2. The molecule has 1 aliphatic heterocycles. The summed E-state index contributed by atoms with van der Waals surface area (Å²) < 4.78 is 7.96. The van der Waals surface area contributed by atoms with Gasteiger partial charge in [0, 0.05) is 32.3 Å². The van der Waals surface area contributed by atoms with Crippen molar-refractivity contribution in [2.75, 3.05) is 13.2 Å². The molecule has 0 N–H and O–H groups in total. The van der Waals surface area contributed by atoms with Crippen molar-refractivity contribution in [2.24, 2.45) is 0 Å². The maximum Gasteiger partial charge on any atom is 0.157 e. The fourth-order valence-corrected chi connectivity index (χ4v) is 2.27. The summed E-state index contributed by atoms with van der Waals surface area (Å²) in [5.41, 5.74) is -0.496. The Morgan fingerprint density at radius 2 is 2.27 bits per heavy atom. The highest BCUT2D eigenvalue weighted by atomic mass is 79.9. The predicted molar refractivity (Wildman–Crippen MR) is 58.6 cm³/mol. The molecular formula is C10H13BrN2O2. The van der Waals surface area contributed by atoms with Gasteiger partial charge in [0.2, 0.25) is 0 Å². The van der Waals surface area contributed by atoms with E-state index in [-0.39, 0.29) is 5.78 Å². The summed E-state index contributed by atoms with van der Waals surface area (Å²) in [6.07, 6.45) is 4.97. The number of ketones is 1. The van der Waals surface area contributed by atoms with Gasteiger partial charge in [-0.25, -0.2) is 0 Å². The van der Waals surface area contributed by atoms with E-state index < -0.39 is 5.54 Å². The first kappa shape index (κ1) is 10.8. The van der Waals surface area contributed by atoms with Crippen LogP contribution in [0.25, 0.3) is 0 Å². The van der Waals surface area contributed by atoms with Gasteiger partial charge >= 0.3 is 0 Å². The van der Waals surface area contributed by atoms with E-state index in [1.54, 1.807) is 17.8 Å². The lowest BCUT2D eigenvalue weighted by Gasteiger charge is -2.35. The van der Waals surface area contributed by atoms with Gasteiger partial charge < -0.3 is 4.74 Å². The molecule has 4 nitrogen and oxygen atoms in total. The number of Topliss-reactive ketones (excluding diaryl/α,β-unsaturated/α-hetero) is 1. The van der Waals surface area contributed by atoms with Gasteiger partial charge in [-0.2, -0.15) is 5.10 Å². The molecule has 1 fully saturated rings. The molecule has 0 radical (unpaired) electrons. The van der Waals surface area contributed by atoms with Crippen LogP contribution in [0.2, 0.25) is 0 Å². The Hall–Kier alpha value is -0.680.